The van der Waals surface area contributed by atoms with Gasteiger partial charge in [0.25, 0.3) is 0 Å². The average Bonchev–Trinajstić information content (AvgIpc) is 2.76. The Morgan fingerprint density at radius 1 is 1.36 bits per heavy atom. The largest absolute Gasteiger partial charge is 0.363 e. The van der Waals surface area contributed by atoms with Crippen molar-refractivity contribution in [2.45, 2.75) is 43.4 Å². The summed E-state index contributed by atoms with van der Waals surface area (Å²) in [6.07, 6.45) is 6.25. The number of nitrogens with zero attached hydrogens (tertiary/aromatic N) is 4. The molecule has 22 heavy (non-hydrogen) atoms. The predicted octanol–water partition coefficient (Wildman–Crippen LogP) is 0.974. The van der Waals surface area contributed by atoms with E-state index in [0.717, 1.165) is 25.7 Å². The topological polar surface area (TPSA) is 58.6 Å². The number of amides is 1. The van der Waals surface area contributed by atoms with Crippen LogP contribution in [0.4, 0.5) is 10.2 Å². The summed E-state index contributed by atoms with van der Waals surface area (Å²) < 4.78 is 20.0. The molecule has 1 amide bonds. The Bertz CT molecular complexity index is 597. The number of piperidine rings is 1. The molecule has 2 atom stereocenters. The molecule has 0 radical (unpaired) electrons. The van der Waals surface area contributed by atoms with Crippen molar-refractivity contribution in [3.63, 3.8) is 0 Å². The van der Waals surface area contributed by atoms with E-state index in [4.69, 9.17) is 4.74 Å². The molecule has 1 aromatic rings. The summed E-state index contributed by atoms with van der Waals surface area (Å²) >= 11 is 0. The molecule has 1 spiro atoms. The molecule has 2 unspecified atom stereocenters. The van der Waals surface area contributed by atoms with Crippen LogP contribution >= 0.6 is 0 Å². The second-order valence-corrected chi connectivity index (χ2v) is 6.62. The van der Waals surface area contributed by atoms with Crippen LogP contribution in [0.3, 0.4) is 0 Å². The minimum Gasteiger partial charge on any atom is -0.363 e. The summed E-state index contributed by atoms with van der Waals surface area (Å²) in [6, 6.07) is 0.425. The van der Waals surface area contributed by atoms with Gasteiger partial charge in [0.1, 0.15) is 12.9 Å². The fourth-order valence-corrected chi connectivity index (χ4v) is 4.28. The smallest absolute Gasteiger partial charge is 0.248 e. The van der Waals surface area contributed by atoms with Gasteiger partial charge in [-0.15, -0.1) is 0 Å². The molecule has 3 aliphatic rings. The number of aromatic nitrogens is 2. The third kappa shape index (κ3) is 2.06. The summed E-state index contributed by atoms with van der Waals surface area (Å²) in [5.74, 6) is 0.0621. The number of likely N-dealkylation sites (N-methyl/N-ethyl adjacent to an activating group) is 1. The van der Waals surface area contributed by atoms with Crippen LogP contribution in [0.2, 0.25) is 0 Å². The number of fused-ring (bicyclic) bond motifs is 2. The Morgan fingerprint density at radius 3 is 2.73 bits per heavy atom. The Labute approximate surface area is 128 Å². The first-order valence-electron chi connectivity index (χ1n) is 7.70. The lowest BCUT2D eigenvalue weighted by molar-refractivity contribution is -0.166. The van der Waals surface area contributed by atoms with Crippen LogP contribution in [-0.2, 0) is 9.53 Å². The van der Waals surface area contributed by atoms with Crippen LogP contribution in [0.15, 0.2) is 12.5 Å². The first-order valence-corrected chi connectivity index (χ1v) is 7.70. The molecular formula is C15H19FN4O2. The Kier molecular flexibility index (Phi) is 3.07. The van der Waals surface area contributed by atoms with Crippen LogP contribution < -0.4 is 4.90 Å². The molecule has 3 saturated heterocycles. The Morgan fingerprint density at radius 2 is 2.09 bits per heavy atom. The van der Waals surface area contributed by atoms with E-state index in [1.54, 1.807) is 4.90 Å². The molecule has 6 nitrogen and oxygen atoms in total. The summed E-state index contributed by atoms with van der Waals surface area (Å²) in [4.78, 5) is 23.4. The monoisotopic (exact) mass is 306 g/mol. The van der Waals surface area contributed by atoms with Gasteiger partial charge in [0.05, 0.1) is 11.8 Å². The van der Waals surface area contributed by atoms with Crippen molar-refractivity contribution in [1.82, 2.24) is 14.9 Å². The zero-order valence-electron chi connectivity index (χ0n) is 12.5. The van der Waals surface area contributed by atoms with Crippen molar-refractivity contribution in [2.75, 3.05) is 25.1 Å². The number of rotatable bonds is 1. The maximum atomic E-state index is 14.0. The molecule has 1 aromatic heterocycles. The van der Waals surface area contributed by atoms with Crippen molar-refractivity contribution in [1.29, 1.82) is 0 Å². The van der Waals surface area contributed by atoms with E-state index in [-0.39, 0.29) is 36.0 Å². The molecular weight excluding hydrogens is 287 g/mol. The van der Waals surface area contributed by atoms with Gasteiger partial charge in [0.15, 0.2) is 11.6 Å². The molecule has 118 valence electrons. The molecule has 4 heterocycles. The lowest BCUT2D eigenvalue weighted by atomic mass is 9.84. The lowest BCUT2D eigenvalue weighted by Crippen LogP contribution is -2.61. The molecule has 0 aromatic carbocycles. The number of carbonyl (C=O) groups excluding carboxylic acids is 1. The molecule has 3 aliphatic heterocycles. The maximum Gasteiger partial charge on any atom is 0.248 e. The van der Waals surface area contributed by atoms with Crippen molar-refractivity contribution < 1.29 is 13.9 Å². The summed E-state index contributed by atoms with van der Waals surface area (Å²) in [6.45, 7) is 0.775. The summed E-state index contributed by atoms with van der Waals surface area (Å²) in [5.41, 5.74) is -0.283. The molecule has 3 fully saturated rings. The summed E-state index contributed by atoms with van der Waals surface area (Å²) in [7, 11) is 1.82. The third-order valence-electron chi connectivity index (χ3n) is 5.18. The number of hydrogen-bond donors (Lipinski definition) is 0. The van der Waals surface area contributed by atoms with Gasteiger partial charge in [0, 0.05) is 25.7 Å². The standard InChI is InChI=1S/C15H19FN4O2/c1-19-8-15(22-7-13(19)21)4-10-2-3-11(5-15)20(10)14-12(16)6-17-9-18-14/h6,9-11H,2-5,7-8H2,1H3. The SMILES string of the molecule is CN1CC2(CC3CCC(C2)N3c2ncncc2F)OCC1=O. The fraction of sp³-hybridized carbons (Fsp3) is 0.667. The normalized spacial score (nSPS) is 34.5. The van der Waals surface area contributed by atoms with Crippen molar-refractivity contribution in [3.05, 3.63) is 18.3 Å². The molecule has 4 rings (SSSR count). The van der Waals surface area contributed by atoms with Crippen molar-refractivity contribution in [2.24, 2.45) is 0 Å². The van der Waals surface area contributed by atoms with Crippen LogP contribution in [0, 0.1) is 5.82 Å². The van der Waals surface area contributed by atoms with Gasteiger partial charge in [-0.3, -0.25) is 4.79 Å². The van der Waals surface area contributed by atoms with Crippen LogP contribution in [0.5, 0.6) is 0 Å². The molecule has 0 N–H and O–H groups in total. The maximum absolute atomic E-state index is 14.0. The number of hydrogen-bond acceptors (Lipinski definition) is 5. The molecule has 0 saturated carbocycles. The summed E-state index contributed by atoms with van der Waals surface area (Å²) in [5, 5.41) is 0. The first kappa shape index (κ1) is 13.9. The number of carbonyl (C=O) groups is 1. The van der Waals surface area contributed by atoms with E-state index < -0.39 is 0 Å². The molecule has 2 bridgehead atoms. The number of halogens is 1. The van der Waals surface area contributed by atoms with E-state index in [1.807, 2.05) is 7.05 Å². The minimum atomic E-state index is -0.368. The number of anilines is 1. The molecule has 7 heteroatoms. The zero-order valence-corrected chi connectivity index (χ0v) is 12.5. The van der Waals surface area contributed by atoms with Gasteiger partial charge < -0.3 is 14.5 Å². The van der Waals surface area contributed by atoms with Crippen LogP contribution in [-0.4, -0.2) is 58.7 Å². The average molecular weight is 306 g/mol. The van der Waals surface area contributed by atoms with Crippen LogP contribution in [0.25, 0.3) is 0 Å². The van der Waals surface area contributed by atoms with E-state index in [0.29, 0.717) is 12.4 Å². The predicted molar refractivity (Wildman–Crippen MR) is 76.8 cm³/mol. The second-order valence-electron chi connectivity index (χ2n) is 6.62. The number of morpholine rings is 1. The van der Waals surface area contributed by atoms with Gasteiger partial charge in [-0.25, -0.2) is 14.4 Å². The first-order chi connectivity index (χ1) is 10.6. The van der Waals surface area contributed by atoms with E-state index in [9.17, 15) is 9.18 Å². The highest BCUT2D eigenvalue weighted by molar-refractivity contribution is 5.78. The van der Waals surface area contributed by atoms with E-state index in [1.165, 1.54) is 12.5 Å². The third-order valence-corrected chi connectivity index (χ3v) is 5.18. The number of ether oxygens (including phenoxy) is 1. The quantitative estimate of drug-likeness (QED) is 0.774. The van der Waals surface area contributed by atoms with E-state index >= 15 is 0 Å². The Hall–Kier alpha value is -1.76. The molecule has 0 aliphatic carbocycles. The van der Waals surface area contributed by atoms with Gasteiger partial charge in [0.2, 0.25) is 5.91 Å². The van der Waals surface area contributed by atoms with Gasteiger partial charge in [-0.2, -0.15) is 0 Å². The van der Waals surface area contributed by atoms with Crippen LogP contribution in [0.1, 0.15) is 25.7 Å². The van der Waals surface area contributed by atoms with Crippen molar-refractivity contribution in [3.8, 4) is 0 Å². The Balaban J connectivity index is 1.60. The zero-order chi connectivity index (χ0) is 15.3. The highest BCUT2D eigenvalue weighted by Crippen LogP contribution is 2.45. The van der Waals surface area contributed by atoms with Gasteiger partial charge in [-0.1, -0.05) is 0 Å². The van der Waals surface area contributed by atoms with Crippen molar-refractivity contribution >= 4 is 11.7 Å². The lowest BCUT2D eigenvalue weighted by Gasteiger charge is -2.50. The fourth-order valence-electron chi connectivity index (χ4n) is 4.28. The highest BCUT2D eigenvalue weighted by atomic mass is 19.1. The van der Waals surface area contributed by atoms with E-state index in [2.05, 4.69) is 14.9 Å². The second kappa shape index (κ2) is 4.87. The minimum absolute atomic E-state index is 0.0299. The highest BCUT2D eigenvalue weighted by Gasteiger charge is 2.52. The van der Waals surface area contributed by atoms with Gasteiger partial charge >= 0.3 is 0 Å². The van der Waals surface area contributed by atoms with Gasteiger partial charge in [-0.05, 0) is 25.7 Å².